The minimum Gasteiger partial charge on any atom is -0.868 e. The van der Waals surface area contributed by atoms with Crippen molar-refractivity contribution >= 4 is 23.0 Å². The number of carbonyl (C=O) groups is 2. The van der Waals surface area contributed by atoms with Gasteiger partial charge in [0, 0.05) is 17.2 Å². The molecule has 1 amide bonds. The van der Waals surface area contributed by atoms with Crippen LogP contribution in [0.15, 0.2) is 60.1 Å². The van der Waals surface area contributed by atoms with E-state index in [1.165, 1.54) is 16.2 Å². The highest BCUT2D eigenvalue weighted by Crippen LogP contribution is 2.40. The van der Waals surface area contributed by atoms with Gasteiger partial charge in [0.15, 0.2) is 12.4 Å². The van der Waals surface area contributed by atoms with E-state index in [4.69, 9.17) is 4.74 Å². The largest absolute Gasteiger partial charge is 0.868 e. The van der Waals surface area contributed by atoms with Gasteiger partial charge in [0.2, 0.25) is 11.7 Å². The number of rotatable bonds is 7. The summed E-state index contributed by atoms with van der Waals surface area (Å²) in [4.78, 5) is 35.7. The molecule has 164 valence electrons. The van der Waals surface area contributed by atoms with E-state index in [1.807, 2.05) is 26.0 Å². The van der Waals surface area contributed by atoms with Crippen molar-refractivity contribution in [3.8, 4) is 5.75 Å². The van der Waals surface area contributed by atoms with Gasteiger partial charge in [-0.25, -0.2) is 9.97 Å². The molecule has 0 saturated carbocycles. The van der Waals surface area contributed by atoms with Crippen LogP contribution in [0, 0.1) is 13.8 Å². The number of aromatic nitrogens is 2. The molecular formula is C24H23N3O4S. The Morgan fingerprint density at radius 1 is 1.25 bits per heavy atom. The fourth-order valence-electron chi connectivity index (χ4n) is 3.88. The Morgan fingerprint density at radius 3 is 2.59 bits per heavy atom. The summed E-state index contributed by atoms with van der Waals surface area (Å²) in [5, 5.41) is 13.8. The van der Waals surface area contributed by atoms with Crippen LogP contribution in [0.2, 0.25) is 0 Å². The second-order valence-electron chi connectivity index (χ2n) is 7.47. The summed E-state index contributed by atoms with van der Waals surface area (Å²) in [5.41, 5.74) is 2.02. The van der Waals surface area contributed by atoms with Crippen molar-refractivity contribution in [2.75, 3.05) is 6.61 Å². The van der Waals surface area contributed by atoms with Gasteiger partial charge >= 0.3 is 0 Å². The highest BCUT2D eigenvalue weighted by atomic mass is 32.1. The average Bonchev–Trinajstić information content (AvgIpc) is 3.25. The number of nitrogens with zero attached hydrogens (tertiary/aromatic N) is 2. The average molecular weight is 450 g/mol. The molecule has 0 aliphatic carbocycles. The first kappa shape index (κ1) is 21.7. The summed E-state index contributed by atoms with van der Waals surface area (Å²) in [6.07, 6.45) is 3.53. The summed E-state index contributed by atoms with van der Waals surface area (Å²) in [6.45, 7) is 6.16. The lowest BCUT2D eigenvalue weighted by Crippen LogP contribution is -2.32. The first-order valence-electron chi connectivity index (χ1n) is 10.3. The molecule has 4 rings (SSSR count). The van der Waals surface area contributed by atoms with Crippen molar-refractivity contribution in [1.82, 2.24) is 9.88 Å². The Kier molecular flexibility index (Phi) is 6.05. The molecule has 0 radical (unpaired) electrons. The van der Waals surface area contributed by atoms with Gasteiger partial charge < -0.3 is 14.7 Å². The lowest BCUT2D eigenvalue weighted by atomic mass is 9.95. The number of nitrogens with one attached hydrogen (secondary N) is 1. The predicted octanol–water partition coefficient (Wildman–Crippen LogP) is 2.55. The SMILES string of the molecule is CCOc1ccc(C2C(C(=O)c3sc(C)nc3C)=C([O-])C(=O)N2Cc2ccc[nH+]c2)cc1. The normalized spacial score (nSPS) is 16.0. The molecule has 1 aliphatic rings. The van der Waals surface area contributed by atoms with Crippen LogP contribution < -0.4 is 14.8 Å². The number of aryl methyl sites for hydroxylation is 2. The van der Waals surface area contributed by atoms with Gasteiger partial charge in [-0.1, -0.05) is 12.1 Å². The molecule has 1 atom stereocenters. The topological polar surface area (TPSA) is 96.7 Å². The van der Waals surface area contributed by atoms with Crippen LogP contribution in [0.25, 0.3) is 0 Å². The van der Waals surface area contributed by atoms with Crippen LogP contribution in [0.5, 0.6) is 5.75 Å². The number of ketones is 1. The van der Waals surface area contributed by atoms with E-state index in [1.54, 1.807) is 43.6 Å². The summed E-state index contributed by atoms with van der Waals surface area (Å²) in [5.74, 6) is -1.21. The zero-order valence-electron chi connectivity index (χ0n) is 18.0. The van der Waals surface area contributed by atoms with Crippen molar-refractivity contribution in [3.63, 3.8) is 0 Å². The van der Waals surface area contributed by atoms with Crippen LogP contribution in [0.1, 0.15) is 44.5 Å². The van der Waals surface area contributed by atoms with Gasteiger partial charge in [-0.15, -0.1) is 11.3 Å². The molecule has 0 saturated heterocycles. The Labute approximate surface area is 190 Å². The maximum absolute atomic E-state index is 13.5. The van der Waals surface area contributed by atoms with Crippen molar-refractivity contribution < 1.29 is 24.4 Å². The van der Waals surface area contributed by atoms with Crippen LogP contribution in [-0.4, -0.2) is 28.2 Å². The van der Waals surface area contributed by atoms with Crippen molar-refractivity contribution in [2.45, 2.75) is 33.4 Å². The number of hydrogen-bond donors (Lipinski definition) is 0. The number of hydrogen-bond acceptors (Lipinski definition) is 6. The van der Waals surface area contributed by atoms with Crippen LogP contribution >= 0.6 is 11.3 Å². The zero-order chi connectivity index (χ0) is 22.8. The molecule has 8 heteroatoms. The van der Waals surface area contributed by atoms with E-state index in [2.05, 4.69) is 9.97 Å². The minimum absolute atomic E-state index is 0.0363. The number of aromatic amines is 1. The highest BCUT2D eigenvalue weighted by molar-refractivity contribution is 7.14. The Morgan fingerprint density at radius 2 is 2.00 bits per heavy atom. The molecule has 0 fully saturated rings. The molecule has 0 bridgehead atoms. The first-order valence-corrected chi connectivity index (χ1v) is 11.1. The standard InChI is InChI=1S/C24H23N3O4S/c1-4-31-18-9-7-17(8-10-18)20-19(21(28)23-14(2)26-15(3)32-23)22(29)24(30)27(20)13-16-6-5-11-25-12-16/h5-12,20,29H,4,13H2,1-3H3. The molecule has 2 aromatic heterocycles. The second-order valence-corrected chi connectivity index (χ2v) is 8.67. The van der Waals surface area contributed by atoms with Gasteiger partial charge in [0.25, 0.3) is 0 Å². The molecule has 3 heterocycles. The molecule has 7 nitrogen and oxygen atoms in total. The lowest BCUT2D eigenvalue weighted by molar-refractivity contribution is -0.378. The second kappa shape index (κ2) is 8.92. The fraction of sp³-hybridized carbons (Fsp3) is 0.250. The summed E-state index contributed by atoms with van der Waals surface area (Å²) in [6, 6.07) is 10.0. The number of amides is 1. The Balaban J connectivity index is 1.79. The molecule has 1 N–H and O–H groups in total. The maximum atomic E-state index is 13.5. The maximum Gasteiger partial charge on any atom is 0.240 e. The number of thiazole rings is 1. The van der Waals surface area contributed by atoms with Gasteiger partial charge in [-0.3, -0.25) is 9.59 Å². The van der Waals surface area contributed by atoms with Crippen molar-refractivity contribution in [2.24, 2.45) is 0 Å². The van der Waals surface area contributed by atoms with Gasteiger partial charge in [-0.2, -0.15) is 0 Å². The summed E-state index contributed by atoms with van der Waals surface area (Å²) in [7, 11) is 0. The predicted molar refractivity (Wildman–Crippen MR) is 117 cm³/mol. The van der Waals surface area contributed by atoms with Gasteiger partial charge in [0.05, 0.1) is 34.8 Å². The number of carbonyl (C=O) groups excluding carboxylic acids is 2. The van der Waals surface area contributed by atoms with Gasteiger partial charge in [-0.05, 0) is 50.3 Å². The Hall–Kier alpha value is -3.52. The highest BCUT2D eigenvalue weighted by Gasteiger charge is 2.40. The van der Waals surface area contributed by atoms with Crippen molar-refractivity contribution in [3.05, 3.63) is 86.8 Å². The Bertz CT molecular complexity index is 1190. The lowest BCUT2D eigenvalue weighted by Gasteiger charge is -2.27. The number of H-pyrrole nitrogens is 1. The molecule has 1 aliphatic heterocycles. The fourth-order valence-corrected chi connectivity index (χ4v) is 4.76. The number of Topliss-reactive ketones (excluding diaryl/α,β-unsaturated/α-hetero) is 1. The molecule has 1 aromatic carbocycles. The van der Waals surface area contributed by atoms with E-state index in [9.17, 15) is 14.7 Å². The van der Waals surface area contributed by atoms with Crippen molar-refractivity contribution in [1.29, 1.82) is 0 Å². The van der Waals surface area contributed by atoms with E-state index in [0.717, 1.165) is 10.6 Å². The molecule has 32 heavy (non-hydrogen) atoms. The quantitative estimate of drug-likeness (QED) is 0.517. The zero-order valence-corrected chi connectivity index (χ0v) is 18.9. The van der Waals surface area contributed by atoms with Gasteiger partial charge in [0.1, 0.15) is 5.75 Å². The van der Waals surface area contributed by atoms with Crippen LogP contribution in [-0.2, 0) is 11.3 Å². The molecule has 3 aromatic rings. The molecule has 1 unspecified atom stereocenters. The third kappa shape index (κ3) is 4.01. The number of pyridine rings is 1. The summed E-state index contributed by atoms with van der Waals surface area (Å²) < 4.78 is 5.52. The van der Waals surface area contributed by atoms with E-state index in [0.29, 0.717) is 28.5 Å². The van der Waals surface area contributed by atoms with Crippen LogP contribution in [0.4, 0.5) is 0 Å². The van der Waals surface area contributed by atoms with E-state index >= 15 is 0 Å². The van der Waals surface area contributed by atoms with Crippen LogP contribution in [0.3, 0.4) is 0 Å². The third-order valence-electron chi connectivity index (χ3n) is 5.27. The molecule has 0 spiro atoms. The van der Waals surface area contributed by atoms with E-state index in [-0.39, 0.29) is 12.1 Å². The number of ether oxygens (including phenoxy) is 1. The smallest absolute Gasteiger partial charge is 0.240 e. The third-order valence-corrected chi connectivity index (χ3v) is 6.34. The monoisotopic (exact) mass is 449 g/mol. The molecular weight excluding hydrogens is 426 g/mol. The number of benzene rings is 1. The minimum atomic E-state index is -0.791. The van der Waals surface area contributed by atoms with E-state index < -0.39 is 23.5 Å². The summed E-state index contributed by atoms with van der Waals surface area (Å²) >= 11 is 1.24. The first-order chi connectivity index (χ1) is 15.4.